The van der Waals surface area contributed by atoms with Gasteiger partial charge in [0.2, 0.25) is 0 Å². The van der Waals surface area contributed by atoms with Gasteiger partial charge in [-0.15, -0.1) is 0 Å². The molecule has 102 valence electrons. The summed E-state index contributed by atoms with van der Waals surface area (Å²) < 4.78 is 1.81. The molecule has 6 nitrogen and oxygen atoms in total. The molecule has 0 unspecified atom stereocenters. The molecule has 0 aliphatic heterocycles. The van der Waals surface area contributed by atoms with Crippen molar-refractivity contribution in [1.29, 1.82) is 0 Å². The van der Waals surface area contributed by atoms with Gasteiger partial charge < -0.3 is 10.2 Å². The molecule has 1 N–H and O–H groups in total. The maximum Gasteiger partial charge on any atom is 0.137 e. The maximum absolute atomic E-state index is 4.37. The van der Waals surface area contributed by atoms with Gasteiger partial charge in [0, 0.05) is 44.5 Å². The van der Waals surface area contributed by atoms with Crippen molar-refractivity contribution in [3.05, 3.63) is 29.8 Å². The van der Waals surface area contributed by atoms with Crippen LogP contribution >= 0.6 is 0 Å². The summed E-state index contributed by atoms with van der Waals surface area (Å²) in [5.74, 6) is 1.83. The van der Waals surface area contributed by atoms with Gasteiger partial charge in [-0.25, -0.2) is 9.97 Å². The number of aryl methyl sites for hydroxylation is 1. The van der Waals surface area contributed by atoms with Crippen LogP contribution in [0.2, 0.25) is 0 Å². The molecular weight excluding hydrogens is 240 g/mol. The molecule has 0 amide bonds. The molecule has 0 spiro atoms. The summed E-state index contributed by atoms with van der Waals surface area (Å²) in [5.41, 5.74) is 2.23. The first kappa shape index (κ1) is 13.3. The molecule has 6 heteroatoms. The Labute approximate surface area is 113 Å². The van der Waals surface area contributed by atoms with Crippen LogP contribution < -0.4 is 10.2 Å². The van der Waals surface area contributed by atoms with Gasteiger partial charge in [-0.2, -0.15) is 5.10 Å². The minimum absolute atomic E-state index is 0.775. The fourth-order valence-electron chi connectivity index (χ4n) is 2.07. The summed E-state index contributed by atoms with van der Waals surface area (Å²) in [6.45, 7) is 5.72. The third kappa shape index (κ3) is 3.01. The fraction of sp³-hybridized carbons (Fsp3) is 0.462. The third-order valence-electron chi connectivity index (χ3n) is 2.94. The topological polar surface area (TPSA) is 58.9 Å². The largest absolute Gasteiger partial charge is 0.370 e. The van der Waals surface area contributed by atoms with E-state index in [9.17, 15) is 0 Å². The first-order valence-corrected chi connectivity index (χ1v) is 6.36. The van der Waals surface area contributed by atoms with E-state index in [1.165, 1.54) is 0 Å². The lowest BCUT2D eigenvalue weighted by atomic mass is 10.2. The monoisotopic (exact) mass is 260 g/mol. The fourth-order valence-corrected chi connectivity index (χ4v) is 2.07. The Morgan fingerprint density at radius 3 is 2.79 bits per heavy atom. The summed E-state index contributed by atoms with van der Waals surface area (Å²) in [5, 5.41) is 7.42. The number of rotatable bonds is 5. The minimum atomic E-state index is 0.775. The van der Waals surface area contributed by atoms with Gasteiger partial charge in [-0.1, -0.05) is 0 Å². The van der Waals surface area contributed by atoms with Crippen LogP contribution in [-0.4, -0.2) is 33.3 Å². The molecule has 0 aliphatic rings. The van der Waals surface area contributed by atoms with E-state index in [4.69, 9.17) is 0 Å². The molecule has 19 heavy (non-hydrogen) atoms. The van der Waals surface area contributed by atoms with Crippen molar-refractivity contribution >= 4 is 11.6 Å². The Balaban J connectivity index is 2.18. The Morgan fingerprint density at radius 2 is 2.16 bits per heavy atom. The molecule has 0 saturated carbocycles. The Bertz CT molecular complexity index is 548. The van der Waals surface area contributed by atoms with E-state index in [2.05, 4.69) is 32.2 Å². The molecule has 2 rings (SSSR count). The average Bonchev–Trinajstić information content (AvgIpc) is 2.77. The van der Waals surface area contributed by atoms with Crippen molar-refractivity contribution in [3.8, 4) is 0 Å². The number of aromatic nitrogens is 4. The second-order valence-corrected chi connectivity index (χ2v) is 4.58. The quantitative estimate of drug-likeness (QED) is 0.884. The molecule has 0 saturated heterocycles. The molecule has 0 fully saturated rings. The van der Waals surface area contributed by atoms with E-state index in [-0.39, 0.29) is 0 Å². The molecule has 2 aromatic heterocycles. The number of nitrogens with zero attached hydrogens (tertiary/aromatic N) is 5. The standard InChI is InChI=1S/C13H20N6/c1-5-14-12-10(2)13(16-9-15-12)18(3)7-11-6-17-19(4)8-11/h6,8-9H,5,7H2,1-4H3,(H,14,15,16). The van der Waals surface area contributed by atoms with Gasteiger partial charge in [-0.3, -0.25) is 4.68 Å². The molecular formula is C13H20N6. The van der Waals surface area contributed by atoms with Crippen molar-refractivity contribution in [2.75, 3.05) is 23.8 Å². The van der Waals surface area contributed by atoms with Crippen molar-refractivity contribution in [1.82, 2.24) is 19.7 Å². The number of nitrogens with one attached hydrogen (secondary N) is 1. The van der Waals surface area contributed by atoms with Crippen molar-refractivity contribution in [3.63, 3.8) is 0 Å². The number of hydrogen-bond acceptors (Lipinski definition) is 5. The molecule has 2 heterocycles. The Kier molecular flexibility index (Phi) is 3.99. The van der Waals surface area contributed by atoms with Crippen LogP contribution in [0, 0.1) is 6.92 Å². The summed E-state index contributed by atoms with van der Waals surface area (Å²) in [4.78, 5) is 10.7. The van der Waals surface area contributed by atoms with Crippen molar-refractivity contribution in [2.24, 2.45) is 7.05 Å². The van der Waals surface area contributed by atoms with Crippen LogP contribution in [0.15, 0.2) is 18.7 Å². The van der Waals surface area contributed by atoms with Crippen LogP contribution in [-0.2, 0) is 13.6 Å². The highest BCUT2D eigenvalue weighted by Crippen LogP contribution is 2.22. The smallest absolute Gasteiger partial charge is 0.137 e. The van der Waals surface area contributed by atoms with Crippen LogP contribution in [0.3, 0.4) is 0 Å². The molecule has 2 aromatic rings. The Hall–Kier alpha value is -2.11. The van der Waals surface area contributed by atoms with Gasteiger partial charge in [0.1, 0.15) is 18.0 Å². The van der Waals surface area contributed by atoms with E-state index in [0.29, 0.717) is 0 Å². The van der Waals surface area contributed by atoms with Gasteiger partial charge in [-0.05, 0) is 13.8 Å². The Morgan fingerprint density at radius 1 is 1.37 bits per heavy atom. The van der Waals surface area contributed by atoms with Crippen molar-refractivity contribution < 1.29 is 0 Å². The van der Waals surface area contributed by atoms with Crippen LogP contribution in [0.1, 0.15) is 18.1 Å². The molecule has 0 radical (unpaired) electrons. The van der Waals surface area contributed by atoms with Crippen molar-refractivity contribution in [2.45, 2.75) is 20.4 Å². The van der Waals surface area contributed by atoms with E-state index >= 15 is 0 Å². The van der Waals surface area contributed by atoms with Gasteiger partial charge >= 0.3 is 0 Å². The third-order valence-corrected chi connectivity index (χ3v) is 2.94. The van der Waals surface area contributed by atoms with Gasteiger partial charge in [0.05, 0.1) is 6.20 Å². The summed E-state index contributed by atoms with van der Waals surface area (Å²) >= 11 is 0. The maximum atomic E-state index is 4.37. The van der Waals surface area contributed by atoms with E-state index in [1.807, 2.05) is 33.4 Å². The second kappa shape index (κ2) is 5.69. The lowest BCUT2D eigenvalue weighted by Crippen LogP contribution is -2.19. The molecule has 0 aromatic carbocycles. The average molecular weight is 260 g/mol. The zero-order chi connectivity index (χ0) is 13.8. The SMILES string of the molecule is CCNc1ncnc(N(C)Cc2cnn(C)c2)c1C. The van der Waals surface area contributed by atoms with Crippen LogP contribution in [0.5, 0.6) is 0 Å². The highest BCUT2D eigenvalue weighted by molar-refractivity contribution is 5.57. The summed E-state index contributed by atoms with van der Waals surface area (Å²) in [7, 11) is 3.95. The first-order chi connectivity index (χ1) is 9.11. The zero-order valence-corrected chi connectivity index (χ0v) is 11.9. The van der Waals surface area contributed by atoms with Gasteiger partial charge in [0.15, 0.2) is 0 Å². The molecule has 0 aliphatic carbocycles. The van der Waals surface area contributed by atoms with Crippen LogP contribution in [0.25, 0.3) is 0 Å². The normalized spacial score (nSPS) is 10.5. The number of anilines is 2. The molecule has 0 bridgehead atoms. The highest BCUT2D eigenvalue weighted by atomic mass is 15.2. The second-order valence-electron chi connectivity index (χ2n) is 4.58. The summed E-state index contributed by atoms with van der Waals surface area (Å²) in [6.07, 6.45) is 5.48. The lowest BCUT2D eigenvalue weighted by Gasteiger charge is -2.20. The first-order valence-electron chi connectivity index (χ1n) is 6.36. The number of hydrogen-bond donors (Lipinski definition) is 1. The van der Waals surface area contributed by atoms with E-state index in [1.54, 1.807) is 11.0 Å². The van der Waals surface area contributed by atoms with E-state index < -0.39 is 0 Å². The predicted octanol–water partition coefficient (Wildman–Crippen LogP) is 1.59. The lowest BCUT2D eigenvalue weighted by molar-refractivity contribution is 0.766. The molecule has 0 atom stereocenters. The summed E-state index contributed by atoms with van der Waals surface area (Å²) in [6, 6.07) is 0. The predicted molar refractivity (Wildman–Crippen MR) is 76.2 cm³/mol. The van der Waals surface area contributed by atoms with Crippen LogP contribution in [0.4, 0.5) is 11.6 Å². The van der Waals surface area contributed by atoms with E-state index in [0.717, 1.165) is 35.9 Å². The zero-order valence-electron chi connectivity index (χ0n) is 11.9. The minimum Gasteiger partial charge on any atom is -0.370 e. The highest BCUT2D eigenvalue weighted by Gasteiger charge is 2.11. The van der Waals surface area contributed by atoms with Gasteiger partial charge in [0.25, 0.3) is 0 Å².